The minimum Gasteiger partial charge on any atom is -0.352 e. The van der Waals surface area contributed by atoms with Crippen LogP contribution in [0.5, 0.6) is 0 Å². The smallest absolute Gasteiger partial charge is 0.263 e. The first kappa shape index (κ1) is 18.8. The minimum atomic E-state index is -0.192. The summed E-state index contributed by atoms with van der Waals surface area (Å²) in [4.78, 5) is 29.4. The Balaban J connectivity index is 1.48. The van der Waals surface area contributed by atoms with Crippen LogP contribution in [0.3, 0.4) is 0 Å². The molecule has 1 heterocycles. The molecule has 5 nitrogen and oxygen atoms in total. The van der Waals surface area contributed by atoms with Crippen LogP contribution in [0.25, 0.3) is 10.6 Å². The van der Waals surface area contributed by atoms with Crippen LogP contribution >= 0.6 is 11.3 Å². The molecular formula is C21H21N3O2S. The van der Waals surface area contributed by atoms with Gasteiger partial charge in [-0.05, 0) is 12.5 Å². The van der Waals surface area contributed by atoms with Crippen molar-refractivity contribution in [1.82, 2.24) is 15.6 Å². The van der Waals surface area contributed by atoms with E-state index in [1.54, 1.807) is 0 Å². The predicted molar refractivity (Wildman–Crippen MR) is 108 cm³/mol. The van der Waals surface area contributed by atoms with Crippen LogP contribution in [0.15, 0.2) is 60.7 Å². The van der Waals surface area contributed by atoms with Crippen LogP contribution in [0.2, 0.25) is 0 Å². The van der Waals surface area contributed by atoms with Crippen molar-refractivity contribution in [3.8, 4) is 10.6 Å². The van der Waals surface area contributed by atoms with Gasteiger partial charge in [0.2, 0.25) is 5.91 Å². The number of benzene rings is 2. The monoisotopic (exact) mass is 379 g/mol. The Labute approximate surface area is 162 Å². The van der Waals surface area contributed by atoms with E-state index in [1.807, 2.05) is 67.6 Å². The van der Waals surface area contributed by atoms with Gasteiger partial charge in [0, 0.05) is 25.1 Å². The molecule has 0 fully saturated rings. The third kappa shape index (κ3) is 5.24. The fourth-order valence-corrected chi connectivity index (χ4v) is 3.55. The van der Waals surface area contributed by atoms with Gasteiger partial charge in [0.05, 0.1) is 5.69 Å². The summed E-state index contributed by atoms with van der Waals surface area (Å²) in [5.41, 5.74) is 2.73. The van der Waals surface area contributed by atoms with Crippen LogP contribution in [0.1, 0.15) is 27.3 Å². The third-order valence-electron chi connectivity index (χ3n) is 3.99. The predicted octanol–water partition coefficient (Wildman–Crippen LogP) is 3.55. The van der Waals surface area contributed by atoms with Gasteiger partial charge in [-0.1, -0.05) is 60.7 Å². The second kappa shape index (κ2) is 9.09. The molecule has 2 N–H and O–H groups in total. The summed E-state index contributed by atoms with van der Waals surface area (Å²) >= 11 is 1.36. The summed E-state index contributed by atoms with van der Waals surface area (Å²) in [6.07, 6.45) is 0.238. The highest BCUT2D eigenvalue weighted by Gasteiger charge is 2.16. The van der Waals surface area contributed by atoms with E-state index >= 15 is 0 Å². The van der Waals surface area contributed by atoms with Crippen molar-refractivity contribution >= 4 is 23.2 Å². The molecule has 0 saturated carbocycles. The number of hydrogen-bond donors (Lipinski definition) is 2. The van der Waals surface area contributed by atoms with E-state index in [4.69, 9.17) is 0 Å². The largest absolute Gasteiger partial charge is 0.352 e. The van der Waals surface area contributed by atoms with Gasteiger partial charge >= 0.3 is 0 Å². The zero-order valence-electron chi connectivity index (χ0n) is 15.1. The first-order chi connectivity index (χ1) is 13.1. The normalized spacial score (nSPS) is 10.4. The molecule has 0 aliphatic rings. The molecule has 0 aliphatic heterocycles. The molecule has 0 aliphatic carbocycles. The van der Waals surface area contributed by atoms with Crippen LogP contribution in [0.4, 0.5) is 0 Å². The molecule has 3 aromatic rings. The van der Waals surface area contributed by atoms with E-state index in [0.717, 1.165) is 16.1 Å². The average Bonchev–Trinajstić information content (AvgIpc) is 3.09. The van der Waals surface area contributed by atoms with Gasteiger partial charge in [-0.15, -0.1) is 11.3 Å². The third-order valence-corrected chi connectivity index (χ3v) is 5.20. The quantitative estimate of drug-likeness (QED) is 0.659. The average molecular weight is 379 g/mol. The van der Waals surface area contributed by atoms with Crippen LogP contribution in [-0.2, 0) is 11.3 Å². The van der Waals surface area contributed by atoms with Crippen molar-refractivity contribution in [2.45, 2.75) is 19.9 Å². The number of carbonyl (C=O) groups excluding carboxylic acids is 2. The number of aromatic nitrogens is 1. The summed E-state index contributed by atoms with van der Waals surface area (Å²) in [5.74, 6) is -0.284. The molecule has 1 aromatic heterocycles. The van der Waals surface area contributed by atoms with Gasteiger partial charge in [0.25, 0.3) is 5.91 Å². The lowest BCUT2D eigenvalue weighted by Gasteiger charge is -2.06. The minimum absolute atomic E-state index is 0.0924. The van der Waals surface area contributed by atoms with Crippen LogP contribution < -0.4 is 10.6 Å². The number of thiazole rings is 1. The summed E-state index contributed by atoms with van der Waals surface area (Å²) in [7, 11) is 0. The van der Waals surface area contributed by atoms with Gasteiger partial charge in [0.15, 0.2) is 0 Å². The number of nitrogens with zero attached hydrogens (tertiary/aromatic N) is 1. The Bertz CT molecular complexity index is 908. The molecule has 0 atom stereocenters. The highest BCUT2D eigenvalue weighted by atomic mass is 32.1. The molecule has 0 radical (unpaired) electrons. The van der Waals surface area contributed by atoms with E-state index in [2.05, 4.69) is 15.6 Å². The second-order valence-corrected chi connectivity index (χ2v) is 7.07. The molecule has 27 heavy (non-hydrogen) atoms. The van der Waals surface area contributed by atoms with Crippen molar-refractivity contribution < 1.29 is 9.59 Å². The molecule has 3 rings (SSSR count). The summed E-state index contributed by atoms with van der Waals surface area (Å²) in [5, 5.41) is 6.47. The topological polar surface area (TPSA) is 71.1 Å². The Morgan fingerprint density at radius 3 is 2.33 bits per heavy atom. The Hall–Kier alpha value is -2.99. The molecule has 6 heteroatoms. The molecule has 0 unspecified atom stereocenters. The number of aryl methyl sites for hydroxylation is 1. The Kier molecular flexibility index (Phi) is 6.33. The van der Waals surface area contributed by atoms with Crippen LogP contribution in [0, 0.1) is 6.92 Å². The van der Waals surface area contributed by atoms with E-state index in [-0.39, 0.29) is 24.8 Å². The van der Waals surface area contributed by atoms with E-state index in [9.17, 15) is 9.59 Å². The summed E-state index contributed by atoms with van der Waals surface area (Å²) in [6, 6.07) is 19.5. The fraction of sp³-hybridized carbons (Fsp3) is 0.190. The van der Waals surface area contributed by atoms with Crippen molar-refractivity contribution in [2.75, 3.05) is 6.54 Å². The van der Waals surface area contributed by atoms with Gasteiger partial charge in [-0.2, -0.15) is 0 Å². The molecular weight excluding hydrogens is 358 g/mol. The maximum Gasteiger partial charge on any atom is 0.263 e. The number of amides is 2. The highest BCUT2D eigenvalue weighted by Crippen LogP contribution is 2.27. The number of rotatable bonds is 7. The van der Waals surface area contributed by atoms with E-state index in [1.165, 1.54) is 11.3 Å². The second-order valence-electron chi connectivity index (χ2n) is 6.07. The molecule has 0 saturated heterocycles. The molecule has 138 valence electrons. The zero-order chi connectivity index (χ0) is 19.1. The summed E-state index contributed by atoms with van der Waals surface area (Å²) < 4.78 is 0. The van der Waals surface area contributed by atoms with Gasteiger partial charge in [-0.25, -0.2) is 4.98 Å². The standard InChI is InChI=1S/C21H21N3O2S/c1-15-19(27-21(24-15)17-10-6-3-7-11-17)20(26)22-13-12-18(25)23-14-16-8-4-2-5-9-16/h2-11H,12-14H2,1H3,(H,22,26)(H,23,25). The molecule has 2 amide bonds. The zero-order valence-corrected chi connectivity index (χ0v) is 15.9. The number of nitrogens with one attached hydrogen (secondary N) is 2. The lowest BCUT2D eigenvalue weighted by atomic mass is 10.2. The van der Waals surface area contributed by atoms with Crippen molar-refractivity contribution in [3.63, 3.8) is 0 Å². The molecule has 0 bridgehead atoms. The Morgan fingerprint density at radius 1 is 0.963 bits per heavy atom. The lowest BCUT2D eigenvalue weighted by Crippen LogP contribution is -2.30. The lowest BCUT2D eigenvalue weighted by molar-refractivity contribution is -0.121. The summed E-state index contributed by atoms with van der Waals surface area (Å²) in [6.45, 7) is 2.60. The van der Waals surface area contributed by atoms with Crippen LogP contribution in [-0.4, -0.2) is 23.3 Å². The first-order valence-electron chi connectivity index (χ1n) is 8.75. The van der Waals surface area contributed by atoms with Crippen molar-refractivity contribution in [1.29, 1.82) is 0 Å². The van der Waals surface area contributed by atoms with Gasteiger partial charge in [-0.3, -0.25) is 9.59 Å². The van der Waals surface area contributed by atoms with E-state index in [0.29, 0.717) is 17.1 Å². The SMILES string of the molecule is Cc1nc(-c2ccccc2)sc1C(=O)NCCC(=O)NCc1ccccc1. The highest BCUT2D eigenvalue weighted by molar-refractivity contribution is 7.17. The maximum absolute atomic E-state index is 12.4. The molecule has 2 aromatic carbocycles. The van der Waals surface area contributed by atoms with Gasteiger partial charge < -0.3 is 10.6 Å². The van der Waals surface area contributed by atoms with Gasteiger partial charge in [0.1, 0.15) is 9.88 Å². The van der Waals surface area contributed by atoms with Crippen molar-refractivity contribution in [3.05, 3.63) is 76.8 Å². The fourth-order valence-electron chi connectivity index (χ4n) is 2.57. The first-order valence-corrected chi connectivity index (χ1v) is 9.57. The van der Waals surface area contributed by atoms with Crippen molar-refractivity contribution in [2.24, 2.45) is 0 Å². The number of carbonyl (C=O) groups is 2. The Morgan fingerprint density at radius 2 is 1.63 bits per heavy atom. The molecule has 0 spiro atoms. The van der Waals surface area contributed by atoms with E-state index < -0.39 is 0 Å². The maximum atomic E-state index is 12.4. The number of hydrogen-bond acceptors (Lipinski definition) is 4.